The SMILES string of the molecule is Cc1nn(C)c2c1C(c1ccc(B3OC(C)(C)C(C)(C)O3)cc1F)N(c1ccc3c(c1)ncn3C)C2=O. The van der Waals surface area contributed by atoms with Gasteiger partial charge in [0, 0.05) is 30.9 Å². The van der Waals surface area contributed by atoms with Gasteiger partial charge in [-0.2, -0.15) is 5.10 Å². The Morgan fingerprint density at radius 1 is 1.03 bits per heavy atom. The minimum absolute atomic E-state index is 0.229. The molecule has 37 heavy (non-hydrogen) atoms. The summed E-state index contributed by atoms with van der Waals surface area (Å²) >= 11 is 0. The first-order valence-electron chi connectivity index (χ1n) is 12.3. The van der Waals surface area contributed by atoms with Crippen molar-refractivity contribution in [1.82, 2.24) is 19.3 Å². The summed E-state index contributed by atoms with van der Waals surface area (Å²) < 4.78 is 31.7. The van der Waals surface area contributed by atoms with Crippen LogP contribution in [-0.4, -0.2) is 43.6 Å². The molecule has 1 unspecified atom stereocenters. The van der Waals surface area contributed by atoms with Crippen LogP contribution >= 0.6 is 0 Å². The Kier molecular flexibility index (Phi) is 5.00. The van der Waals surface area contributed by atoms with Crippen molar-refractivity contribution in [3.05, 3.63) is 71.1 Å². The number of carbonyl (C=O) groups excluding carboxylic acids is 1. The van der Waals surface area contributed by atoms with Crippen molar-refractivity contribution in [2.45, 2.75) is 51.9 Å². The Balaban J connectivity index is 1.46. The van der Waals surface area contributed by atoms with Gasteiger partial charge in [0.2, 0.25) is 0 Å². The molecular formula is C27H29BFN5O3. The van der Waals surface area contributed by atoms with Crippen molar-refractivity contribution in [3.63, 3.8) is 0 Å². The molecular weight excluding hydrogens is 472 g/mol. The lowest BCUT2D eigenvalue weighted by molar-refractivity contribution is 0.00578. The van der Waals surface area contributed by atoms with Crippen LogP contribution in [0.2, 0.25) is 0 Å². The van der Waals surface area contributed by atoms with Gasteiger partial charge in [-0.3, -0.25) is 14.4 Å². The molecule has 0 saturated carbocycles. The van der Waals surface area contributed by atoms with Crippen LogP contribution in [-0.2, 0) is 23.4 Å². The van der Waals surface area contributed by atoms with E-state index in [4.69, 9.17) is 9.31 Å². The lowest BCUT2D eigenvalue weighted by atomic mass is 9.78. The fourth-order valence-electron chi connectivity index (χ4n) is 5.34. The number of nitrogens with zero attached hydrogens (tertiary/aromatic N) is 5. The second-order valence-electron chi connectivity index (χ2n) is 10.9. The fourth-order valence-corrected chi connectivity index (χ4v) is 5.34. The average Bonchev–Trinajstić information content (AvgIpc) is 3.49. The average molecular weight is 501 g/mol. The smallest absolute Gasteiger partial charge is 0.399 e. The quantitative estimate of drug-likeness (QED) is 0.400. The molecule has 0 spiro atoms. The van der Waals surface area contributed by atoms with Crippen molar-refractivity contribution in [2.75, 3.05) is 4.90 Å². The van der Waals surface area contributed by atoms with E-state index in [0.717, 1.165) is 11.0 Å². The predicted molar refractivity (Wildman–Crippen MR) is 139 cm³/mol. The van der Waals surface area contributed by atoms with Gasteiger partial charge in [-0.25, -0.2) is 9.37 Å². The van der Waals surface area contributed by atoms with E-state index in [0.29, 0.717) is 33.7 Å². The van der Waals surface area contributed by atoms with Crippen molar-refractivity contribution >= 4 is 35.2 Å². The molecule has 6 rings (SSSR count). The van der Waals surface area contributed by atoms with E-state index in [1.807, 2.05) is 70.5 Å². The molecule has 2 aliphatic rings. The first-order chi connectivity index (χ1) is 17.4. The molecule has 4 aromatic rings. The third-order valence-electron chi connectivity index (χ3n) is 8.05. The van der Waals surface area contributed by atoms with Gasteiger partial charge < -0.3 is 13.9 Å². The first-order valence-corrected chi connectivity index (χ1v) is 12.3. The number of benzene rings is 2. The summed E-state index contributed by atoms with van der Waals surface area (Å²) in [5, 5.41) is 4.47. The Morgan fingerprint density at radius 3 is 2.41 bits per heavy atom. The predicted octanol–water partition coefficient (Wildman–Crippen LogP) is 3.80. The van der Waals surface area contributed by atoms with Crippen LogP contribution in [0.15, 0.2) is 42.7 Å². The van der Waals surface area contributed by atoms with Crippen LogP contribution in [0.25, 0.3) is 11.0 Å². The van der Waals surface area contributed by atoms with Crippen LogP contribution in [0.3, 0.4) is 0 Å². The van der Waals surface area contributed by atoms with Gasteiger partial charge in [0.1, 0.15) is 11.5 Å². The highest BCUT2D eigenvalue weighted by Crippen LogP contribution is 2.44. The molecule has 1 saturated heterocycles. The minimum Gasteiger partial charge on any atom is -0.399 e. The fraction of sp³-hybridized carbons (Fsp3) is 0.370. The number of rotatable bonds is 3. The highest BCUT2D eigenvalue weighted by Gasteiger charge is 2.52. The zero-order valence-electron chi connectivity index (χ0n) is 22.0. The Labute approximate surface area is 215 Å². The van der Waals surface area contributed by atoms with E-state index in [2.05, 4.69) is 10.1 Å². The Hall–Kier alpha value is -3.50. The van der Waals surface area contributed by atoms with Gasteiger partial charge in [-0.05, 0) is 64.3 Å². The standard InChI is InChI=1S/C27H29BFN5O3/c1-15-22-23(18-10-8-16(12-19(18)29)28-36-26(2,3)27(4,5)37-28)34(25(35)24(22)33(7)31-15)17-9-11-21-20(13-17)30-14-32(21)6/h8-14,23H,1-7H3. The Morgan fingerprint density at radius 2 is 1.73 bits per heavy atom. The monoisotopic (exact) mass is 501 g/mol. The summed E-state index contributed by atoms with van der Waals surface area (Å²) in [5.41, 5.74) is 4.10. The van der Waals surface area contributed by atoms with Gasteiger partial charge in [0.25, 0.3) is 5.91 Å². The molecule has 2 aromatic heterocycles. The van der Waals surface area contributed by atoms with Crippen LogP contribution in [0.1, 0.15) is 61.0 Å². The summed E-state index contributed by atoms with van der Waals surface area (Å²) in [6.07, 6.45) is 1.73. The first kappa shape index (κ1) is 23.9. The molecule has 0 aliphatic carbocycles. The van der Waals surface area contributed by atoms with Crippen molar-refractivity contribution in [2.24, 2.45) is 14.1 Å². The summed E-state index contributed by atoms with van der Waals surface area (Å²) in [6, 6.07) is 9.98. The number of aromatic nitrogens is 4. The molecule has 190 valence electrons. The minimum atomic E-state index is -0.683. The maximum atomic E-state index is 16.0. The molecule has 0 N–H and O–H groups in total. The van der Waals surface area contributed by atoms with Gasteiger partial charge in [0.05, 0.1) is 40.3 Å². The second kappa shape index (κ2) is 7.75. The second-order valence-corrected chi connectivity index (χ2v) is 10.9. The van der Waals surface area contributed by atoms with E-state index in [1.54, 1.807) is 29.0 Å². The number of halogens is 1. The summed E-state index contributed by atoms with van der Waals surface area (Å²) in [5.74, 6) is -0.669. The zero-order chi connectivity index (χ0) is 26.4. The number of amides is 1. The normalized spacial score (nSPS) is 20.3. The van der Waals surface area contributed by atoms with Crippen LogP contribution in [0.4, 0.5) is 10.1 Å². The third-order valence-corrected chi connectivity index (χ3v) is 8.05. The number of fused-ring (bicyclic) bond motifs is 2. The number of anilines is 1. The number of aryl methyl sites for hydroxylation is 3. The molecule has 0 radical (unpaired) electrons. The highest BCUT2D eigenvalue weighted by atomic mass is 19.1. The maximum absolute atomic E-state index is 16.0. The van der Waals surface area contributed by atoms with Crippen LogP contribution in [0, 0.1) is 12.7 Å². The highest BCUT2D eigenvalue weighted by molar-refractivity contribution is 6.62. The van der Waals surface area contributed by atoms with E-state index in [1.165, 1.54) is 6.07 Å². The van der Waals surface area contributed by atoms with Gasteiger partial charge in [-0.1, -0.05) is 12.1 Å². The molecule has 8 nitrogen and oxygen atoms in total. The number of hydrogen-bond acceptors (Lipinski definition) is 5. The Bertz CT molecular complexity index is 1570. The number of hydrogen-bond donors (Lipinski definition) is 0. The van der Waals surface area contributed by atoms with E-state index >= 15 is 4.39 Å². The van der Waals surface area contributed by atoms with Gasteiger partial charge in [0.15, 0.2) is 0 Å². The van der Waals surface area contributed by atoms with Gasteiger partial charge >= 0.3 is 7.12 Å². The molecule has 10 heteroatoms. The molecule has 1 amide bonds. The lowest BCUT2D eigenvalue weighted by Crippen LogP contribution is -2.41. The van der Waals surface area contributed by atoms with E-state index < -0.39 is 30.2 Å². The van der Waals surface area contributed by atoms with E-state index in [-0.39, 0.29) is 5.91 Å². The molecule has 0 bridgehead atoms. The summed E-state index contributed by atoms with van der Waals surface area (Å²) in [4.78, 5) is 19.9. The largest absolute Gasteiger partial charge is 0.494 e. The molecule has 4 heterocycles. The maximum Gasteiger partial charge on any atom is 0.494 e. The zero-order valence-corrected chi connectivity index (χ0v) is 22.0. The molecule has 2 aliphatic heterocycles. The molecule has 1 atom stereocenters. The topological polar surface area (TPSA) is 74.4 Å². The van der Waals surface area contributed by atoms with E-state index in [9.17, 15) is 4.79 Å². The van der Waals surface area contributed by atoms with Crippen LogP contribution < -0.4 is 10.4 Å². The van der Waals surface area contributed by atoms with Crippen molar-refractivity contribution < 1.29 is 18.5 Å². The lowest BCUT2D eigenvalue weighted by Gasteiger charge is -2.32. The van der Waals surface area contributed by atoms with Crippen molar-refractivity contribution in [3.8, 4) is 0 Å². The third kappa shape index (κ3) is 3.39. The number of carbonyl (C=O) groups is 1. The van der Waals surface area contributed by atoms with Gasteiger partial charge in [-0.15, -0.1) is 0 Å². The number of imidazole rings is 1. The molecule has 2 aromatic carbocycles. The summed E-state index contributed by atoms with van der Waals surface area (Å²) in [7, 11) is 2.97. The summed E-state index contributed by atoms with van der Waals surface area (Å²) in [6.45, 7) is 9.70. The van der Waals surface area contributed by atoms with Crippen LogP contribution in [0.5, 0.6) is 0 Å². The molecule has 1 fully saturated rings. The van der Waals surface area contributed by atoms with Crippen molar-refractivity contribution in [1.29, 1.82) is 0 Å².